The topological polar surface area (TPSA) is 129 Å². The normalized spacial score (nSPS) is 36.8. The highest BCUT2D eigenvalue weighted by molar-refractivity contribution is 7.09. The molecule has 202 valence electrons. The summed E-state index contributed by atoms with van der Waals surface area (Å²) in [6, 6.07) is 0. The van der Waals surface area contributed by atoms with Gasteiger partial charge in [-0.2, -0.15) is 0 Å². The highest BCUT2D eigenvalue weighted by Crippen LogP contribution is 2.53. The molecule has 1 aromatic rings. The number of aliphatic hydroxyl groups excluding tert-OH is 2. The molecule has 3 N–H and O–H groups in total. The van der Waals surface area contributed by atoms with Gasteiger partial charge in [0.05, 0.1) is 17.3 Å². The number of aromatic nitrogens is 1. The highest BCUT2D eigenvalue weighted by Gasteiger charge is 2.72. The molecule has 0 spiro atoms. The first-order chi connectivity index (χ1) is 16.7. The number of fused-ring (bicyclic) bond motifs is 1. The average molecular weight is 544 g/mol. The van der Waals surface area contributed by atoms with Crippen LogP contribution in [0.4, 0.5) is 0 Å². The van der Waals surface area contributed by atoms with E-state index >= 15 is 0 Å². The summed E-state index contributed by atoms with van der Waals surface area (Å²) >= 11 is 7.75. The van der Waals surface area contributed by atoms with Crippen LogP contribution >= 0.6 is 22.9 Å². The van der Waals surface area contributed by atoms with Crippen LogP contribution in [-0.4, -0.2) is 55.7 Å². The van der Waals surface area contributed by atoms with E-state index in [9.17, 15) is 24.9 Å². The molecule has 2 fully saturated rings. The summed E-state index contributed by atoms with van der Waals surface area (Å²) in [6.45, 7) is 9.19. The second-order valence-corrected chi connectivity index (χ2v) is 12.5. The third kappa shape index (κ3) is 6.37. The van der Waals surface area contributed by atoms with Crippen molar-refractivity contribution in [2.24, 2.45) is 17.3 Å². The van der Waals surface area contributed by atoms with E-state index in [-0.39, 0.29) is 36.2 Å². The number of nitrogens with zero attached hydrogens (tertiary/aromatic N) is 1. The average Bonchev–Trinajstić information content (AvgIpc) is 3.13. The van der Waals surface area contributed by atoms with Crippen LogP contribution < -0.4 is 0 Å². The summed E-state index contributed by atoms with van der Waals surface area (Å²) in [7, 11) is 0. The van der Waals surface area contributed by atoms with Crippen molar-refractivity contribution in [1.82, 2.24) is 4.98 Å². The van der Waals surface area contributed by atoms with Crippen molar-refractivity contribution in [1.29, 1.82) is 0 Å². The summed E-state index contributed by atoms with van der Waals surface area (Å²) in [5.41, 5.74) is -1.33. The quantitative estimate of drug-likeness (QED) is 0.382. The lowest BCUT2D eigenvalue weighted by atomic mass is 9.75. The maximum absolute atomic E-state index is 13.1. The lowest BCUT2D eigenvalue weighted by molar-refractivity contribution is -0.164. The third-order valence-corrected chi connectivity index (χ3v) is 8.66. The molecule has 3 heterocycles. The van der Waals surface area contributed by atoms with E-state index in [2.05, 4.69) is 11.9 Å². The Morgan fingerprint density at radius 1 is 1.28 bits per heavy atom. The Bertz CT molecular complexity index is 995. The molecule has 0 aromatic carbocycles. The first-order valence-corrected chi connectivity index (χ1v) is 13.7. The zero-order chi connectivity index (χ0) is 26.9. The molecule has 1 aromatic heterocycles. The zero-order valence-corrected chi connectivity index (χ0v) is 23.2. The van der Waals surface area contributed by atoms with Gasteiger partial charge in [0.1, 0.15) is 16.4 Å². The SMILES string of the molecule is CC1CCCC2(C)OC2(O)C(O)C(C(Cl)=Cc2csc(CO)n2)OC(=O)CCC(C)(C)C(=O)C(C)C1. The molecule has 10 heteroatoms. The minimum Gasteiger partial charge on any atom is -0.454 e. The monoisotopic (exact) mass is 543 g/mol. The molecule has 2 aliphatic rings. The summed E-state index contributed by atoms with van der Waals surface area (Å²) < 4.78 is 11.2. The van der Waals surface area contributed by atoms with Gasteiger partial charge in [0.25, 0.3) is 0 Å². The van der Waals surface area contributed by atoms with Crippen LogP contribution in [0.2, 0.25) is 0 Å². The number of cyclic esters (lactones) is 1. The molecule has 0 saturated carbocycles. The molecule has 2 aliphatic heterocycles. The number of hydrogen-bond donors (Lipinski definition) is 3. The zero-order valence-electron chi connectivity index (χ0n) is 21.6. The molecule has 36 heavy (non-hydrogen) atoms. The molecule has 6 atom stereocenters. The Morgan fingerprint density at radius 2 is 1.97 bits per heavy atom. The number of carbonyl (C=O) groups is 2. The highest BCUT2D eigenvalue weighted by atomic mass is 35.5. The molecule has 8 nitrogen and oxygen atoms in total. The van der Waals surface area contributed by atoms with Crippen LogP contribution in [0, 0.1) is 17.3 Å². The maximum Gasteiger partial charge on any atom is 0.306 e. The number of aliphatic hydroxyl groups is 3. The summed E-state index contributed by atoms with van der Waals surface area (Å²) in [4.78, 5) is 30.2. The summed E-state index contributed by atoms with van der Waals surface area (Å²) in [5, 5.41) is 33.7. The fourth-order valence-corrected chi connectivity index (χ4v) is 5.99. The number of epoxide rings is 1. The van der Waals surface area contributed by atoms with Gasteiger partial charge < -0.3 is 24.8 Å². The van der Waals surface area contributed by atoms with Crippen LogP contribution in [0.5, 0.6) is 0 Å². The molecule has 0 bridgehead atoms. The van der Waals surface area contributed by atoms with E-state index in [1.807, 2.05) is 20.8 Å². The standard InChI is InChI=1S/C26H38ClNO7S/c1-15-7-6-9-25(5)26(33,35-25)23(32)21(18(27)12-17-14-36-19(13-29)28-17)34-20(30)8-10-24(3,4)22(31)16(2)11-15/h12,14-16,21,23,29,32-33H,6-11,13H2,1-5H3. The van der Waals surface area contributed by atoms with Crippen molar-refractivity contribution >= 4 is 40.8 Å². The molecule has 0 aliphatic carbocycles. The van der Waals surface area contributed by atoms with E-state index < -0.39 is 35.0 Å². The van der Waals surface area contributed by atoms with Crippen LogP contribution in [0.15, 0.2) is 10.4 Å². The van der Waals surface area contributed by atoms with E-state index in [1.54, 1.807) is 12.3 Å². The molecule has 0 amide bonds. The number of ketones is 1. The molecule has 0 radical (unpaired) electrons. The number of ether oxygens (including phenoxy) is 2. The predicted octanol–water partition coefficient (Wildman–Crippen LogP) is 4.19. The van der Waals surface area contributed by atoms with Crippen LogP contribution in [0.3, 0.4) is 0 Å². The van der Waals surface area contributed by atoms with Crippen molar-refractivity contribution in [3.05, 3.63) is 21.1 Å². The number of halogens is 1. The fraction of sp³-hybridized carbons (Fsp3) is 0.731. The van der Waals surface area contributed by atoms with Crippen molar-refractivity contribution in [3.63, 3.8) is 0 Å². The van der Waals surface area contributed by atoms with Gasteiger partial charge in [0.15, 0.2) is 12.2 Å². The van der Waals surface area contributed by atoms with Gasteiger partial charge in [-0.05, 0) is 38.2 Å². The largest absolute Gasteiger partial charge is 0.454 e. The number of Topliss-reactive ketones (excluding diaryl/α,β-unsaturated/α-hetero) is 1. The number of hydrogen-bond acceptors (Lipinski definition) is 9. The number of esters is 1. The second kappa shape index (κ2) is 11.2. The summed E-state index contributed by atoms with van der Waals surface area (Å²) in [5.74, 6) is -2.33. The van der Waals surface area contributed by atoms with E-state index in [1.165, 1.54) is 17.4 Å². The first-order valence-electron chi connectivity index (χ1n) is 12.5. The maximum atomic E-state index is 13.1. The Morgan fingerprint density at radius 3 is 2.61 bits per heavy atom. The number of carbonyl (C=O) groups excluding carboxylic acids is 2. The van der Waals surface area contributed by atoms with Gasteiger partial charge in [0, 0.05) is 23.1 Å². The van der Waals surface area contributed by atoms with Gasteiger partial charge >= 0.3 is 5.97 Å². The minimum absolute atomic E-state index is 0.0457. The molecular weight excluding hydrogens is 506 g/mol. The minimum atomic E-state index is -1.94. The Kier molecular flexibility index (Phi) is 9.06. The number of thiazole rings is 1. The van der Waals surface area contributed by atoms with Gasteiger partial charge in [-0.3, -0.25) is 9.59 Å². The van der Waals surface area contributed by atoms with E-state index in [4.69, 9.17) is 21.1 Å². The van der Waals surface area contributed by atoms with Crippen LogP contribution in [0.1, 0.15) is 83.8 Å². The third-order valence-electron chi connectivity index (χ3n) is 7.48. The Balaban J connectivity index is 1.90. The van der Waals surface area contributed by atoms with Gasteiger partial charge in [-0.25, -0.2) is 4.98 Å². The van der Waals surface area contributed by atoms with Crippen molar-refractivity contribution in [2.45, 2.75) is 103 Å². The lowest BCUT2D eigenvalue weighted by Gasteiger charge is -2.29. The predicted molar refractivity (Wildman–Crippen MR) is 137 cm³/mol. The van der Waals surface area contributed by atoms with Gasteiger partial charge in [-0.1, -0.05) is 52.1 Å². The van der Waals surface area contributed by atoms with Crippen molar-refractivity contribution in [3.8, 4) is 0 Å². The Hall–Kier alpha value is -1.36. The number of rotatable bonds is 3. The fourth-order valence-electron chi connectivity index (χ4n) is 5.11. The van der Waals surface area contributed by atoms with Crippen molar-refractivity contribution in [2.75, 3.05) is 0 Å². The smallest absolute Gasteiger partial charge is 0.306 e. The Labute approximate surface area is 221 Å². The second-order valence-electron chi connectivity index (χ2n) is 11.1. The summed E-state index contributed by atoms with van der Waals surface area (Å²) in [6.07, 6.45) is 1.39. The van der Waals surface area contributed by atoms with E-state index in [0.717, 1.165) is 19.3 Å². The molecule has 2 saturated heterocycles. The molecule has 3 rings (SSSR count). The van der Waals surface area contributed by atoms with Crippen LogP contribution in [0.25, 0.3) is 6.08 Å². The van der Waals surface area contributed by atoms with Crippen molar-refractivity contribution < 1.29 is 34.4 Å². The van der Waals surface area contributed by atoms with Gasteiger partial charge in [0.2, 0.25) is 5.79 Å². The molecular formula is C26H38ClNO7S. The molecule has 6 unspecified atom stereocenters. The van der Waals surface area contributed by atoms with E-state index in [0.29, 0.717) is 23.0 Å². The first kappa shape index (κ1) is 29.2. The lowest BCUT2D eigenvalue weighted by Crippen LogP contribution is -2.46. The van der Waals surface area contributed by atoms with Crippen LogP contribution in [-0.2, 0) is 25.7 Å². The van der Waals surface area contributed by atoms with Gasteiger partial charge in [-0.15, -0.1) is 11.3 Å².